The summed E-state index contributed by atoms with van der Waals surface area (Å²) in [6.45, 7) is 7.56. The van der Waals surface area contributed by atoms with Crippen LogP contribution in [0.15, 0.2) is 0 Å². The zero-order valence-corrected chi connectivity index (χ0v) is 7.59. The molecule has 1 saturated heterocycles. The quantitative estimate of drug-likeness (QED) is 0.496. The van der Waals surface area contributed by atoms with Gasteiger partial charge in [-0.25, -0.2) is 0 Å². The third kappa shape index (κ3) is 1.65. The molecule has 0 aromatic heterocycles. The van der Waals surface area contributed by atoms with E-state index in [0.717, 1.165) is 6.54 Å². The maximum absolute atomic E-state index is 8.78. The lowest BCUT2D eigenvalue weighted by Crippen LogP contribution is -2.36. The average Bonchev–Trinajstić information content (AvgIpc) is 2.31. The molecule has 1 rings (SSSR count). The molecule has 1 atom stereocenters. The highest BCUT2D eigenvalue weighted by molar-refractivity contribution is 4.93. The highest BCUT2D eigenvalue weighted by Crippen LogP contribution is 2.31. The van der Waals surface area contributed by atoms with Crippen LogP contribution in [0, 0.1) is 16.9 Å². The first-order valence-electron chi connectivity index (χ1n) is 4.22. The van der Waals surface area contributed by atoms with E-state index >= 15 is 0 Å². The topological polar surface area (TPSA) is 27.0 Å². The maximum Gasteiger partial charge on any atom is 0.179 e. The standard InChI is InChI=1S/C9H16N2/c1-9(2,3)8-5-4-6-11(8)7-10/h8H,4-6H2,1-3H3. The van der Waals surface area contributed by atoms with E-state index in [1.54, 1.807) is 0 Å². The van der Waals surface area contributed by atoms with E-state index in [9.17, 15) is 0 Å². The van der Waals surface area contributed by atoms with Crippen molar-refractivity contribution in [1.29, 1.82) is 5.26 Å². The first-order valence-corrected chi connectivity index (χ1v) is 4.22. The first-order chi connectivity index (χ1) is 5.05. The van der Waals surface area contributed by atoms with Crippen molar-refractivity contribution in [3.63, 3.8) is 0 Å². The van der Waals surface area contributed by atoms with Crippen molar-refractivity contribution >= 4 is 0 Å². The Kier molecular flexibility index (Phi) is 2.08. The van der Waals surface area contributed by atoms with Gasteiger partial charge in [-0.15, -0.1) is 0 Å². The SMILES string of the molecule is CC(C)(C)C1CCCN1C#N. The molecule has 62 valence electrons. The number of hydrogen-bond acceptors (Lipinski definition) is 2. The van der Waals surface area contributed by atoms with Gasteiger partial charge in [-0.1, -0.05) is 20.8 Å². The van der Waals surface area contributed by atoms with Gasteiger partial charge in [0.25, 0.3) is 0 Å². The fourth-order valence-corrected chi connectivity index (χ4v) is 1.79. The minimum absolute atomic E-state index is 0.256. The number of nitrogens with zero attached hydrogens (tertiary/aromatic N) is 2. The molecule has 0 spiro atoms. The molecule has 2 heteroatoms. The van der Waals surface area contributed by atoms with Crippen LogP contribution in [0.2, 0.25) is 0 Å². The molecule has 0 aromatic rings. The van der Waals surface area contributed by atoms with Crippen LogP contribution in [0.4, 0.5) is 0 Å². The fourth-order valence-electron chi connectivity index (χ4n) is 1.79. The van der Waals surface area contributed by atoms with E-state index < -0.39 is 0 Å². The summed E-state index contributed by atoms with van der Waals surface area (Å²) in [5, 5.41) is 8.78. The molecular formula is C9H16N2. The third-order valence-corrected chi connectivity index (χ3v) is 2.38. The van der Waals surface area contributed by atoms with Gasteiger partial charge in [0.15, 0.2) is 6.19 Å². The lowest BCUT2D eigenvalue weighted by atomic mass is 9.85. The normalized spacial score (nSPS) is 25.3. The van der Waals surface area contributed by atoms with Gasteiger partial charge < -0.3 is 4.90 Å². The highest BCUT2D eigenvalue weighted by Gasteiger charge is 2.33. The number of nitriles is 1. The molecule has 0 aliphatic carbocycles. The molecule has 0 amide bonds. The maximum atomic E-state index is 8.78. The molecule has 11 heavy (non-hydrogen) atoms. The van der Waals surface area contributed by atoms with Crippen molar-refractivity contribution in [3.8, 4) is 6.19 Å². The van der Waals surface area contributed by atoms with Gasteiger partial charge in [0.1, 0.15) is 0 Å². The zero-order valence-electron chi connectivity index (χ0n) is 7.59. The van der Waals surface area contributed by atoms with Gasteiger partial charge in [-0.3, -0.25) is 0 Å². The Morgan fingerprint density at radius 2 is 2.09 bits per heavy atom. The fraction of sp³-hybridized carbons (Fsp3) is 0.889. The molecule has 1 unspecified atom stereocenters. The monoisotopic (exact) mass is 152 g/mol. The molecule has 1 aliphatic heterocycles. The van der Waals surface area contributed by atoms with Crippen LogP contribution in [0.5, 0.6) is 0 Å². The van der Waals surface area contributed by atoms with Crippen molar-refractivity contribution in [3.05, 3.63) is 0 Å². The van der Waals surface area contributed by atoms with Gasteiger partial charge >= 0.3 is 0 Å². The summed E-state index contributed by atoms with van der Waals surface area (Å²) in [7, 11) is 0. The van der Waals surface area contributed by atoms with Crippen LogP contribution in [-0.4, -0.2) is 17.5 Å². The summed E-state index contributed by atoms with van der Waals surface area (Å²) < 4.78 is 0. The van der Waals surface area contributed by atoms with Gasteiger partial charge in [0.05, 0.1) is 0 Å². The minimum atomic E-state index is 0.256. The molecule has 1 heterocycles. The smallest absolute Gasteiger partial charge is 0.179 e. The molecule has 0 bridgehead atoms. The summed E-state index contributed by atoms with van der Waals surface area (Å²) in [4.78, 5) is 1.92. The number of rotatable bonds is 0. The molecule has 0 aromatic carbocycles. The Labute approximate surface area is 68.8 Å². The molecule has 1 aliphatic rings. The van der Waals surface area contributed by atoms with Crippen LogP contribution in [0.25, 0.3) is 0 Å². The summed E-state index contributed by atoms with van der Waals surface area (Å²) in [6.07, 6.45) is 4.61. The van der Waals surface area contributed by atoms with Gasteiger partial charge in [-0.2, -0.15) is 5.26 Å². The molecule has 0 radical (unpaired) electrons. The summed E-state index contributed by atoms with van der Waals surface area (Å²) in [6, 6.07) is 0.465. The Morgan fingerprint density at radius 3 is 2.45 bits per heavy atom. The second kappa shape index (κ2) is 2.73. The Hall–Kier alpha value is -0.710. The second-order valence-electron chi connectivity index (χ2n) is 4.32. The summed E-state index contributed by atoms with van der Waals surface area (Å²) in [5.41, 5.74) is 0.256. The molecular weight excluding hydrogens is 136 g/mol. The van der Waals surface area contributed by atoms with Crippen LogP contribution in [0.1, 0.15) is 33.6 Å². The lowest BCUT2D eigenvalue weighted by Gasteiger charge is -2.31. The summed E-state index contributed by atoms with van der Waals surface area (Å²) in [5.74, 6) is 0. The molecule has 0 saturated carbocycles. The van der Waals surface area contributed by atoms with Crippen LogP contribution < -0.4 is 0 Å². The summed E-state index contributed by atoms with van der Waals surface area (Å²) >= 11 is 0. The van der Waals surface area contributed by atoms with Gasteiger partial charge in [0, 0.05) is 12.6 Å². The van der Waals surface area contributed by atoms with Crippen molar-refractivity contribution in [2.24, 2.45) is 5.41 Å². The predicted molar refractivity (Wildman–Crippen MR) is 44.8 cm³/mol. The first kappa shape index (κ1) is 8.39. The van der Waals surface area contributed by atoms with Crippen molar-refractivity contribution in [2.45, 2.75) is 39.7 Å². The van der Waals surface area contributed by atoms with E-state index in [-0.39, 0.29) is 5.41 Å². The molecule has 0 N–H and O–H groups in total. The number of likely N-dealkylation sites (tertiary alicyclic amines) is 1. The van der Waals surface area contributed by atoms with E-state index in [0.29, 0.717) is 6.04 Å². The Balaban J connectivity index is 2.66. The zero-order chi connectivity index (χ0) is 8.48. The van der Waals surface area contributed by atoms with Crippen molar-refractivity contribution in [2.75, 3.05) is 6.54 Å². The largest absolute Gasteiger partial charge is 0.307 e. The van der Waals surface area contributed by atoms with Crippen molar-refractivity contribution < 1.29 is 0 Å². The van der Waals surface area contributed by atoms with E-state index in [1.807, 2.05) is 4.90 Å². The van der Waals surface area contributed by atoms with Crippen molar-refractivity contribution in [1.82, 2.24) is 4.90 Å². The Bertz CT molecular complexity index is 173. The second-order valence-corrected chi connectivity index (χ2v) is 4.32. The average molecular weight is 152 g/mol. The lowest BCUT2D eigenvalue weighted by molar-refractivity contribution is 0.196. The predicted octanol–water partition coefficient (Wildman–Crippen LogP) is 1.98. The van der Waals surface area contributed by atoms with Crippen LogP contribution in [0.3, 0.4) is 0 Å². The molecule has 1 fully saturated rings. The van der Waals surface area contributed by atoms with E-state index in [2.05, 4.69) is 27.0 Å². The van der Waals surface area contributed by atoms with Crippen LogP contribution >= 0.6 is 0 Å². The van der Waals surface area contributed by atoms with Crippen LogP contribution in [-0.2, 0) is 0 Å². The minimum Gasteiger partial charge on any atom is -0.307 e. The molecule has 2 nitrogen and oxygen atoms in total. The van der Waals surface area contributed by atoms with Gasteiger partial charge in [-0.05, 0) is 18.3 Å². The van der Waals surface area contributed by atoms with E-state index in [1.165, 1.54) is 12.8 Å². The number of hydrogen-bond donors (Lipinski definition) is 0. The third-order valence-electron chi connectivity index (χ3n) is 2.38. The van der Waals surface area contributed by atoms with E-state index in [4.69, 9.17) is 5.26 Å². The highest BCUT2D eigenvalue weighted by atomic mass is 15.2. The Morgan fingerprint density at radius 1 is 1.45 bits per heavy atom. The van der Waals surface area contributed by atoms with Gasteiger partial charge in [0.2, 0.25) is 0 Å².